The fraction of sp³-hybridized carbons (Fsp3) is 0.579. The number of carboxylic acid groups (broad SMARTS) is 1. The number of benzene rings is 1. The minimum atomic E-state index is -1.52. The molecule has 2 rings (SSSR count). The van der Waals surface area contributed by atoms with Crippen LogP contribution < -0.4 is 4.74 Å². The van der Waals surface area contributed by atoms with Crippen LogP contribution in [0.3, 0.4) is 0 Å². The van der Waals surface area contributed by atoms with Crippen LogP contribution in [-0.2, 0) is 4.79 Å². The number of carbonyl (C=O) groups is 2. The smallest absolute Gasteiger partial charge is 0.314 e. The van der Waals surface area contributed by atoms with E-state index in [1.165, 1.54) is 4.90 Å². The molecule has 0 radical (unpaired) electrons. The average Bonchev–Trinajstić information content (AvgIpc) is 2.61. The summed E-state index contributed by atoms with van der Waals surface area (Å²) in [6.45, 7) is 3.71. The second-order valence-electron chi connectivity index (χ2n) is 7.37. The largest absolute Gasteiger partial charge is 0.491 e. The van der Waals surface area contributed by atoms with Crippen molar-refractivity contribution < 1.29 is 33.3 Å². The van der Waals surface area contributed by atoms with Crippen molar-refractivity contribution in [3.05, 3.63) is 29.3 Å². The van der Waals surface area contributed by atoms with Crippen LogP contribution in [0.4, 0.5) is 8.78 Å². The molecule has 6 nitrogen and oxygen atoms in total. The lowest BCUT2D eigenvalue weighted by Gasteiger charge is -2.43. The molecular formula is C19H25F2NO5. The SMILES string of the molecule is COc1c(F)ccc(C(=O)N2CC[C@@H](O)[C@](CCC(C)C)(C(=O)O)C2)c1F. The molecule has 2 atom stereocenters. The summed E-state index contributed by atoms with van der Waals surface area (Å²) in [5.41, 5.74) is -1.91. The molecule has 0 bridgehead atoms. The Morgan fingerprint density at radius 3 is 2.59 bits per heavy atom. The fourth-order valence-corrected chi connectivity index (χ4v) is 3.42. The number of halogens is 2. The summed E-state index contributed by atoms with van der Waals surface area (Å²) < 4.78 is 32.7. The Kier molecular flexibility index (Phi) is 6.41. The minimum Gasteiger partial charge on any atom is -0.491 e. The average molecular weight is 385 g/mol. The zero-order chi connectivity index (χ0) is 20.4. The third-order valence-corrected chi connectivity index (χ3v) is 5.15. The number of aliphatic hydroxyl groups is 1. The van der Waals surface area contributed by atoms with Crippen LogP contribution >= 0.6 is 0 Å². The summed E-state index contributed by atoms with van der Waals surface area (Å²) in [5.74, 6) is -4.45. The van der Waals surface area contributed by atoms with E-state index in [9.17, 15) is 28.6 Å². The van der Waals surface area contributed by atoms with Crippen molar-refractivity contribution in [2.75, 3.05) is 20.2 Å². The number of carbonyl (C=O) groups excluding carboxylic acids is 1. The van der Waals surface area contributed by atoms with E-state index in [1.54, 1.807) is 0 Å². The lowest BCUT2D eigenvalue weighted by Crippen LogP contribution is -2.57. The van der Waals surface area contributed by atoms with Crippen LogP contribution in [0.1, 0.15) is 43.5 Å². The lowest BCUT2D eigenvalue weighted by atomic mass is 9.72. The van der Waals surface area contributed by atoms with E-state index in [4.69, 9.17) is 0 Å². The number of aliphatic carboxylic acids is 1. The Morgan fingerprint density at radius 1 is 1.37 bits per heavy atom. The van der Waals surface area contributed by atoms with E-state index < -0.39 is 46.3 Å². The Hall–Kier alpha value is -2.22. The molecular weight excluding hydrogens is 360 g/mol. The van der Waals surface area contributed by atoms with Gasteiger partial charge in [0, 0.05) is 13.1 Å². The van der Waals surface area contributed by atoms with E-state index in [-0.39, 0.29) is 31.8 Å². The van der Waals surface area contributed by atoms with Crippen molar-refractivity contribution in [2.24, 2.45) is 11.3 Å². The highest BCUT2D eigenvalue weighted by Crippen LogP contribution is 2.37. The number of ether oxygens (including phenoxy) is 1. The summed E-state index contributed by atoms with van der Waals surface area (Å²) in [6, 6.07) is 1.94. The molecule has 1 aromatic rings. The van der Waals surface area contributed by atoms with Gasteiger partial charge in [0.1, 0.15) is 5.41 Å². The molecule has 0 aliphatic carbocycles. The zero-order valence-electron chi connectivity index (χ0n) is 15.7. The van der Waals surface area contributed by atoms with Gasteiger partial charge in [-0.05, 0) is 37.3 Å². The first-order chi connectivity index (χ1) is 12.6. The van der Waals surface area contributed by atoms with E-state index in [0.717, 1.165) is 19.2 Å². The van der Waals surface area contributed by atoms with Crippen molar-refractivity contribution >= 4 is 11.9 Å². The molecule has 2 N–H and O–H groups in total. The van der Waals surface area contributed by atoms with Crippen molar-refractivity contribution in [2.45, 2.75) is 39.2 Å². The topological polar surface area (TPSA) is 87.1 Å². The van der Waals surface area contributed by atoms with Crippen molar-refractivity contribution in [1.29, 1.82) is 0 Å². The minimum absolute atomic E-state index is 0.0656. The molecule has 0 aromatic heterocycles. The van der Waals surface area contributed by atoms with Crippen LogP contribution in [-0.4, -0.2) is 53.3 Å². The fourth-order valence-electron chi connectivity index (χ4n) is 3.42. The highest BCUT2D eigenvalue weighted by atomic mass is 19.1. The van der Waals surface area contributed by atoms with Crippen LogP contribution in [0.2, 0.25) is 0 Å². The van der Waals surface area contributed by atoms with Crippen LogP contribution in [0, 0.1) is 23.0 Å². The maximum atomic E-state index is 14.4. The zero-order valence-corrected chi connectivity index (χ0v) is 15.7. The van der Waals surface area contributed by atoms with Gasteiger partial charge in [-0.1, -0.05) is 13.8 Å². The first kappa shape index (κ1) is 21.1. The van der Waals surface area contributed by atoms with Gasteiger partial charge in [-0.15, -0.1) is 0 Å². The molecule has 1 aliphatic heterocycles. The number of amides is 1. The van der Waals surface area contributed by atoms with Gasteiger partial charge < -0.3 is 19.8 Å². The van der Waals surface area contributed by atoms with Gasteiger partial charge in [-0.25, -0.2) is 8.78 Å². The molecule has 27 heavy (non-hydrogen) atoms. The third-order valence-electron chi connectivity index (χ3n) is 5.15. The summed E-state index contributed by atoms with van der Waals surface area (Å²) in [7, 11) is 1.09. The number of hydrogen-bond donors (Lipinski definition) is 2. The molecule has 0 spiro atoms. The molecule has 8 heteroatoms. The predicted molar refractivity (Wildman–Crippen MR) is 93.6 cm³/mol. The second-order valence-corrected chi connectivity index (χ2v) is 7.37. The first-order valence-electron chi connectivity index (χ1n) is 8.86. The number of likely N-dealkylation sites (tertiary alicyclic amines) is 1. The predicted octanol–water partition coefficient (Wildman–Crippen LogP) is 2.69. The molecule has 0 unspecified atom stereocenters. The van der Waals surface area contributed by atoms with Gasteiger partial charge in [0.15, 0.2) is 17.4 Å². The maximum Gasteiger partial charge on any atom is 0.314 e. The molecule has 1 aliphatic rings. The number of carboxylic acids is 1. The number of hydrogen-bond acceptors (Lipinski definition) is 4. The van der Waals surface area contributed by atoms with E-state index in [0.29, 0.717) is 6.42 Å². The molecule has 1 fully saturated rings. The van der Waals surface area contributed by atoms with Crippen LogP contribution in [0.15, 0.2) is 12.1 Å². The van der Waals surface area contributed by atoms with Gasteiger partial charge in [0.2, 0.25) is 0 Å². The Labute approximate surface area is 156 Å². The number of piperidine rings is 1. The van der Waals surface area contributed by atoms with E-state index >= 15 is 0 Å². The van der Waals surface area contributed by atoms with Crippen molar-refractivity contribution in [3.63, 3.8) is 0 Å². The van der Waals surface area contributed by atoms with Gasteiger partial charge >= 0.3 is 5.97 Å². The van der Waals surface area contributed by atoms with E-state index in [2.05, 4.69) is 4.74 Å². The second kappa shape index (κ2) is 8.21. The Balaban J connectivity index is 2.34. The Morgan fingerprint density at radius 2 is 2.04 bits per heavy atom. The van der Waals surface area contributed by atoms with Gasteiger partial charge in [0.05, 0.1) is 18.8 Å². The van der Waals surface area contributed by atoms with Gasteiger partial charge in [-0.3, -0.25) is 9.59 Å². The number of aliphatic hydroxyl groups excluding tert-OH is 1. The quantitative estimate of drug-likeness (QED) is 0.786. The molecule has 1 amide bonds. The number of rotatable bonds is 6. The van der Waals surface area contributed by atoms with Gasteiger partial charge in [0.25, 0.3) is 5.91 Å². The normalized spacial score (nSPS) is 22.8. The standard InChI is InChI=1S/C19H25F2NO5/c1-11(2)6-8-19(18(25)26)10-22(9-7-14(19)23)17(24)12-4-5-13(20)16(27-3)15(12)21/h4-5,11,14,23H,6-10H2,1-3H3,(H,25,26)/t14-,19-/m1/s1. The summed E-state index contributed by atoms with van der Waals surface area (Å²) >= 11 is 0. The van der Waals surface area contributed by atoms with Crippen LogP contribution in [0.25, 0.3) is 0 Å². The molecule has 1 saturated heterocycles. The van der Waals surface area contributed by atoms with Crippen LogP contribution in [0.5, 0.6) is 5.75 Å². The lowest BCUT2D eigenvalue weighted by molar-refractivity contribution is -0.163. The summed E-state index contributed by atoms with van der Waals surface area (Å²) in [4.78, 5) is 26.0. The number of nitrogens with zero attached hydrogens (tertiary/aromatic N) is 1. The van der Waals surface area contributed by atoms with Crippen molar-refractivity contribution in [1.82, 2.24) is 4.90 Å². The molecule has 150 valence electrons. The third kappa shape index (κ3) is 4.05. The summed E-state index contributed by atoms with van der Waals surface area (Å²) in [5, 5.41) is 20.2. The van der Waals surface area contributed by atoms with E-state index in [1.807, 2.05) is 13.8 Å². The molecule has 0 saturated carbocycles. The monoisotopic (exact) mass is 385 g/mol. The van der Waals surface area contributed by atoms with Gasteiger partial charge in [-0.2, -0.15) is 0 Å². The van der Waals surface area contributed by atoms with Crippen molar-refractivity contribution in [3.8, 4) is 5.75 Å². The molecule has 1 heterocycles. The number of methoxy groups -OCH3 is 1. The highest BCUT2D eigenvalue weighted by Gasteiger charge is 2.50. The Bertz CT molecular complexity index is 724. The highest BCUT2D eigenvalue weighted by molar-refractivity contribution is 5.95. The first-order valence-corrected chi connectivity index (χ1v) is 8.86. The molecule has 1 aromatic carbocycles. The maximum absolute atomic E-state index is 14.4. The summed E-state index contributed by atoms with van der Waals surface area (Å²) in [6.07, 6.45) is -0.286.